The van der Waals surface area contributed by atoms with Crippen LogP contribution in [0.25, 0.3) is 0 Å². The van der Waals surface area contributed by atoms with Crippen molar-refractivity contribution in [3.8, 4) is 0 Å². The highest BCUT2D eigenvalue weighted by Gasteiger charge is 2.63. The molecule has 170 valence electrons. The maximum Gasteiger partial charge on any atom is 0.305 e. The normalized spacial score (nSPS) is 46.5. The van der Waals surface area contributed by atoms with Gasteiger partial charge in [-0.2, -0.15) is 0 Å². The van der Waals surface area contributed by atoms with E-state index in [4.69, 9.17) is 9.47 Å². The van der Waals surface area contributed by atoms with Crippen molar-refractivity contribution in [1.82, 2.24) is 0 Å². The predicted octanol–water partition coefficient (Wildman–Crippen LogP) is 5.43. The molecule has 0 bridgehead atoms. The molecule has 0 amide bonds. The number of hydrogen-bond acceptors (Lipinski definition) is 4. The van der Waals surface area contributed by atoms with Gasteiger partial charge in [0.15, 0.2) is 0 Å². The van der Waals surface area contributed by atoms with Gasteiger partial charge >= 0.3 is 5.97 Å². The van der Waals surface area contributed by atoms with E-state index in [2.05, 4.69) is 20.8 Å². The van der Waals surface area contributed by atoms with Crippen molar-refractivity contribution in [1.29, 1.82) is 0 Å². The number of carbonyl (C=O) groups excluding carboxylic acids is 2. The average Bonchev–Trinajstić information content (AvgIpc) is 3.09. The van der Waals surface area contributed by atoms with E-state index < -0.39 is 0 Å². The van der Waals surface area contributed by atoms with E-state index in [1.165, 1.54) is 39.2 Å². The molecule has 4 fully saturated rings. The van der Waals surface area contributed by atoms with E-state index in [0.29, 0.717) is 53.3 Å². The van der Waals surface area contributed by atoms with Gasteiger partial charge in [0.25, 0.3) is 0 Å². The molecule has 0 aromatic rings. The molecular weight excluding hydrogens is 376 g/mol. The van der Waals surface area contributed by atoms with Crippen molar-refractivity contribution in [3.63, 3.8) is 0 Å². The third-order valence-corrected chi connectivity index (χ3v) is 10.5. The maximum absolute atomic E-state index is 13.5. The third-order valence-electron chi connectivity index (χ3n) is 10.5. The first kappa shape index (κ1) is 22.3. The lowest BCUT2D eigenvalue weighted by molar-refractivity contribution is -0.162. The Labute approximate surface area is 182 Å². The zero-order valence-corrected chi connectivity index (χ0v) is 19.7. The van der Waals surface area contributed by atoms with Crippen LogP contribution in [-0.4, -0.2) is 32.1 Å². The molecule has 0 aromatic heterocycles. The van der Waals surface area contributed by atoms with Crippen LogP contribution in [0.4, 0.5) is 0 Å². The van der Waals surface area contributed by atoms with Gasteiger partial charge in [0.2, 0.25) is 0 Å². The lowest BCUT2D eigenvalue weighted by atomic mass is 9.44. The SMILES string of the molecule is COC(=O)CC[C@@H](C)[C@H]1CC[C@H]2[C@@H]3C(=O)C[C@@H]4C[C@H](OC)CC[C@]4(C)[C@H]3CC[C@]12C. The van der Waals surface area contributed by atoms with Crippen molar-refractivity contribution in [2.75, 3.05) is 14.2 Å². The largest absolute Gasteiger partial charge is 0.469 e. The van der Waals surface area contributed by atoms with Gasteiger partial charge in [-0.3, -0.25) is 9.59 Å². The lowest BCUT2D eigenvalue weighted by Gasteiger charge is -2.60. The molecule has 0 radical (unpaired) electrons. The second kappa shape index (κ2) is 8.22. The number of methoxy groups -OCH3 is 2. The van der Waals surface area contributed by atoms with Gasteiger partial charge in [0.05, 0.1) is 13.2 Å². The number of carbonyl (C=O) groups is 2. The molecule has 0 heterocycles. The highest BCUT2D eigenvalue weighted by molar-refractivity contribution is 5.83. The quantitative estimate of drug-likeness (QED) is 0.559. The number of ketones is 1. The lowest BCUT2D eigenvalue weighted by Crippen LogP contribution is -2.57. The molecule has 4 heteroatoms. The van der Waals surface area contributed by atoms with Crippen LogP contribution in [0.15, 0.2) is 0 Å². The van der Waals surface area contributed by atoms with Crippen LogP contribution in [0.3, 0.4) is 0 Å². The van der Waals surface area contributed by atoms with E-state index in [9.17, 15) is 9.59 Å². The number of fused-ring (bicyclic) bond motifs is 5. The molecule has 0 aromatic carbocycles. The second-order valence-corrected chi connectivity index (χ2v) is 11.6. The highest BCUT2D eigenvalue weighted by atomic mass is 16.5. The van der Waals surface area contributed by atoms with Crippen LogP contribution in [0.2, 0.25) is 0 Å². The standard InChI is InChI=1S/C26H42O4/c1-16(6-9-23(28)30-5)19-7-8-20-24-21(11-13-26(19,20)3)25(2)12-10-18(29-4)14-17(25)15-22(24)27/h16-21,24H,6-15H2,1-5H3/t16-,17+,18-,19-,20+,21+,24+,25+,26-/m1/s1. The Morgan fingerprint density at radius 2 is 1.77 bits per heavy atom. The van der Waals surface area contributed by atoms with Crippen molar-refractivity contribution in [3.05, 3.63) is 0 Å². The summed E-state index contributed by atoms with van der Waals surface area (Å²) in [6.07, 6.45) is 10.8. The molecule has 0 N–H and O–H groups in total. The van der Waals surface area contributed by atoms with Gasteiger partial charge in [0, 0.05) is 25.9 Å². The highest BCUT2D eigenvalue weighted by Crippen LogP contribution is 2.67. The number of esters is 1. The minimum absolute atomic E-state index is 0.0988. The molecule has 0 aliphatic heterocycles. The van der Waals surface area contributed by atoms with Crippen molar-refractivity contribution in [2.45, 2.75) is 91.1 Å². The van der Waals surface area contributed by atoms with Gasteiger partial charge in [-0.25, -0.2) is 0 Å². The van der Waals surface area contributed by atoms with Crippen LogP contribution in [0.1, 0.15) is 85.0 Å². The third kappa shape index (κ3) is 3.45. The van der Waals surface area contributed by atoms with E-state index in [-0.39, 0.29) is 17.3 Å². The Morgan fingerprint density at radius 3 is 2.47 bits per heavy atom. The molecule has 9 atom stereocenters. The van der Waals surface area contributed by atoms with E-state index in [1.54, 1.807) is 0 Å². The van der Waals surface area contributed by atoms with Crippen LogP contribution in [0.5, 0.6) is 0 Å². The first-order valence-corrected chi connectivity index (χ1v) is 12.4. The molecule has 30 heavy (non-hydrogen) atoms. The summed E-state index contributed by atoms with van der Waals surface area (Å²) in [4.78, 5) is 25.2. The number of hydrogen-bond donors (Lipinski definition) is 0. The summed E-state index contributed by atoms with van der Waals surface area (Å²) in [6.45, 7) is 7.30. The van der Waals surface area contributed by atoms with Crippen LogP contribution < -0.4 is 0 Å². The minimum Gasteiger partial charge on any atom is -0.469 e. The molecule has 4 nitrogen and oxygen atoms in total. The Balaban J connectivity index is 1.52. The first-order chi connectivity index (χ1) is 14.2. The second-order valence-electron chi connectivity index (χ2n) is 11.6. The Bertz CT molecular complexity index is 674. The van der Waals surface area contributed by atoms with Crippen molar-refractivity contribution >= 4 is 11.8 Å². The molecule has 4 rings (SSSR count). The minimum atomic E-state index is -0.0988. The van der Waals surface area contributed by atoms with Crippen molar-refractivity contribution < 1.29 is 19.1 Å². The molecule has 0 saturated heterocycles. The van der Waals surface area contributed by atoms with Crippen molar-refractivity contribution in [2.24, 2.45) is 46.3 Å². The van der Waals surface area contributed by atoms with Crippen LogP contribution >= 0.6 is 0 Å². The maximum atomic E-state index is 13.5. The molecular formula is C26H42O4. The Morgan fingerprint density at radius 1 is 1.07 bits per heavy atom. The summed E-state index contributed by atoms with van der Waals surface area (Å²) in [7, 11) is 3.30. The van der Waals surface area contributed by atoms with Gasteiger partial charge in [-0.05, 0) is 91.8 Å². The van der Waals surface area contributed by atoms with Gasteiger partial charge in [-0.15, -0.1) is 0 Å². The summed E-state index contributed by atoms with van der Waals surface area (Å²) in [5, 5.41) is 0. The average molecular weight is 419 g/mol. The molecule has 0 unspecified atom stereocenters. The summed E-state index contributed by atoms with van der Waals surface area (Å²) >= 11 is 0. The fraction of sp³-hybridized carbons (Fsp3) is 0.923. The molecule has 4 aliphatic carbocycles. The van der Waals surface area contributed by atoms with Crippen LogP contribution in [0, 0.1) is 46.3 Å². The fourth-order valence-corrected chi connectivity index (χ4v) is 8.73. The van der Waals surface area contributed by atoms with E-state index in [1.807, 2.05) is 7.11 Å². The Hall–Kier alpha value is -0.900. The topological polar surface area (TPSA) is 52.6 Å². The zero-order chi connectivity index (χ0) is 21.7. The first-order valence-electron chi connectivity index (χ1n) is 12.4. The van der Waals surface area contributed by atoms with Crippen LogP contribution in [-0.2, 0) is 19.1 Å². The van der Waals surface area contributed by atoms with Gasteiger partial charge in [-0.1, -0.05) is 20.8 Å². The molecule has 0 spiro atoms. The van der Waals surface area contributed by atoms with E-state index in [0.717, 1.165) is 25.7 Å². The summed E-state index contributed by atoms with van der Waals surface area (Å²) in [5.41, 5.74) is 0.558. The molecule has 4 aliphatic rings. The monoisotopic (exact) mass is 418 g/mol. The van der Waals surface area contributed by atoms with Gasteiger partial charge in [0.1, 0.15) is 5.78 Å². The van der Waals surface area contributed by atoms with E-state index >= 15 is 0 Å². The summed E-state index contributed by atoms with van der Waals surface area (Å²) < 4.78 is 10.6. The summed E-state index contributed by atoms with van der Waals surface area (Å²) in [6, 6.07) is 0. The smallest absolute Gasteiger partial charge is 0.305 e. The fourth-order valence-electron chi connectivity index (χ4n) is 8.73. The summed E-state index contributed by atoms with van der Waals surface area (Å²) in [5.74, 6) is 3.45. The number of rotatable bonds is 5. The molecule has 4 saturated carbocycles. The number of Topliss-reactive ketones (excluding diaryl/α,β-unsaturated/α-hetero) is 1. The zero-order valence-electron chi connectivity index (χ0n) is 19.7. The number of ether oxygens (including phenoxy) is 2. The predicted molar refractivity (Wildman–Crippen MR) is 117 cm³/mol. The van der Waals surface area contributed by atoms with Gasteiger partial charge < -0.3 is 9.47 Å². The Kier molecular flexibility index (Phi) is 6.11.